The van der Waals surface area contributed by atoms with E-state index >= 15 is 0 Å². The SMILES string of the molecule is Cc1ccc(-c2nc(CSc3nnc(N4CCCC4)n3C3CC3)co2)c(C)c1. The van der Waals surface area contributed by atoms with Gasteiger partial charge in [0.15, 0.2) is 5.16 Å². The molecule has 7 heteroatoms. The highest BCUT2D eigenvalue weighted by atomic mass is 32.2. The van der Waals surface area contributed by atoms with Gasteiger partial charge in [0.2, 0.25) is 11.8 Å². The molecule has 0 N–H and O–H groups in total. The lowest BCUT2D eigenvalue weighted by Gasteiger charge is -2.17. The summed E-state index contributed by atoms with van der Waals surface area (Å²) in [5.74, 6) is 2.48. The minimum Gasteiger partial charge on any atom is -0.444 e. The summed E-state index contributed by atoms with van der Waals surface area (Å²) in [7, 11) is 0. The van der Waals surface area contributed by atoms with Crippen molar-refractivity contribution in [3.63, 3.8) is 0 Å². The Morgan fingerprint density at radius 1 is 1.14 bits per heavy atom. The van der Waals surface area contributed by atoms with Crippen molar-refractivity contribution in [3.05, 3.63) is 41.3 Å². The zero-order chi connectivity index (χ0) is 19.1. The van der Waals surface area contributed by atoms with Gasteiger partial charge in [-0.15, -0.1) is 10.2 Å². The van der Waals surface area contributed by atoms with Crippen LogP contribution in [0.3, 0.4) is 0 Å². The molecular formula is C21H25N5OS. The van der Waals surface area contributed by atoms with Crippen LogP contribution in [0, 0.1) is 13.8 Å². The van der Waals surface area contributed by atoms with Crippen LogP contribution in [0.25, 0.3) is 11.5 Å². The van der Waals surface area contributed by atoms with Crippen LogP contribution >= 0.6 is 11.8 Å². The molecule has 0 amide bonds. The number of hydrogen-bond acceptors (Lipinski definition) is 6. The van der Waals surface area contributed by atoms with Gasteiger partial charge in [-0.2, -0.15) is 0 Å². The molecule has 2 fully saturated rings. The Morgan fingerprint density at radius 3 is 2.71 bits per heavy atom. The van der Waals surface area contributed by atoms with Crippen molar-refractivity contribution in [2.45, 2.75) is 56.5 Å². The molecule has 0 radical (unpaired) electrons. The first-order valence-corrected chi connectivity index (χ1v) is 11.0. The van der Waals surface area contributed by atoms with Crippen molar-refractivity contribution in [2.24, 2.45) is 0 Å². The molecule has 1 aromatic carbocycles. The molecule has 0 atom stereocenters. The highest BCUT2D eigenvalue weighted by Crippen LogP contribution is 2.42. The Labute approximate surface area is 169 Å². The third-order valence-electron chi connectivity index (χ3n) is 5.46. The normalized spacial score (nSPS) is 16.9. The number of benzene rings is 1. The minimum atomic E-state index is 0.566. The molecule has 0 spiro atoms. The summed E-state index contributed by atoms with van der Waals surface area (Å²) in [5, 5.41) is 10.0. The van der Waals surface area contributed by atoms with Crippen molar-refractivity contribution in [1.82, 2.24) is 19.7 Å². The highest BCUT2D eigenvalue weighted by molar-refractivity contribution is 7.98. The predicted molar refractivity (Wildman–Crippen MR) is 111 cm³/mol. The van der Waals surface area contributed by atoms with Crippen LogP contribution < -0.4 is 4.90 Å². The van der Waals surface area contributed by atoms with Gasteiger partial charge in [0.05, 0.1) is 5.69 Å². The van der Waals surface area contributed by atoms with E-state index in [9.17, 15) is 0 Å². The van der Waals surface area contributed by atoms with E-state index in [1.165, 1.54) is 36.8 Å². The summed E-state index contributed by atoms with van der Waals surface area (Å²) in [6, 6.07) is 6.90. The number of thioether (sulfide) groups is 1. The molecule has 6 nitrogen and oxygen atoms in total. The maximum absolute atomic E-state index is 5.76. The Morgan fingerprint density at radius 2 is 1.96 bits per heavy atom. The van der Waals surface area contributed by atoms with Crippen LogP contribution in [0.1, 0.15) is 48.5 Å². The topological polar surface area (TPSA) is 60.0 Å². The second-order valence-electron chi connectivity index (χ2n) is 7.83. The van der Waals surface area contributed by atoms with Crippen molar-refractivity contribution in [3.8, 4) is 11.5 Å². The molecule has 1 saturated heterocycles. The Bertz CT molecular complexity index is 985. The maximum atomic E-state index is 5.76. The summed E-state index contributed by atoms with van der Waals surface area (Å²) >= 11 is 1.70. The maximum Gasteiger partial charge on any atom is 0.228 e. The van der Waals surface area contributed by atoms with Crippen molar-refractivity contribution in [1.29, 1.82) is 0 Å². The van der Waals surface area contributed by atoms with Crippen LogP contribution in [-0.4, -0.2) is 32.8 Å². The number of oxazole rings is 1. The highest BCUT2D eigenvalue weighted by Gasteiger charge is 2.32. The zero-order valence-corrected chi connectivity index (χ0v) is 17.2. The van der Waals surface area contributed by atoms with E-state index in [0.717, 1.165) is 41.2 Å². The summed E-state index contributed by atoms with van der Waals surface area (Å²) in [4.78, 5) is 7.08. The standard InChI is InChI=1S/C21H25N5OS/c1-14-5-8-18(15(2)11-14)19-22-16(12-27-19)13-28-21-24-23-20(25-9-3-4-10-25)26(21)17-6-7-17/h5,8,11-12,17H,3-4,6-7,9-10,13H2,1-2H3. The lowest BCUT2D eigenvalue weighted by Crippen LogP contribution is -2.22. The first kappa shape index (κ1) is 17.8. The van der Waals surface area contributed by atoms with Crippen molar-refractivity contribution < 1.29 is 4.42 Å². The molecular weight excluding hydrogens is 370 g/mol. The summed E-state index contributed by atoms with van der Waals surface area (Å²) in [5.41, 5.74) is 4.42. The van der Waals surface area contributed by atoms with Gasteiger partial charge in [0.1, 0.15) is 6.26 Å². The molecule has 5 rings (SSSR count). The lowest BCUT2D eigenvalue weighted by molar-refractivity contribution is 0.573. The monoisotopic (exact) mass is 395 g/mol. The molecule has 1 saturated carbocycles. The number of aryl methyl sites for hydroxylation is 2. The smallest absolute Gasteiger partial charge is 0.228 e. The second-order valence-corrected chi connectivity index (χ2v) is 8.77. The first-order chi connectivity index (χ1) is 13.7. The molecule has 1 aliphatic heterocycles. The summed E-state index contributed by atoms with van der Waals surface area (Å²) < 4.78 is 8.11. The predicted octanol–water partition coefficient (Wildman–Crippen LogP) is 4.78. The minimum absolute atomic E-state index is 0.566. The summed E-state index contributed by atoms with van der Waals surface area (Å²) in [6.07, 6.45) is 6.72. The van der Waals surface area contributed by atoms with E-state index in [1.54, 1.807) is 18.0 Å². The fourth-order valence-electron chi connectivity index (χ4n) is 3.84. The average Bonchev–Trinajstić information content (AvgIpc) is 3.10. The molecule has 28 heavy (non-hydrogen) atoms. The van der Waals surface area contributed by atoms with Gasteiger partial charge >= 0.3 is 0 Å². The van der Waals surface area contributed by atoms with E-state index in [0.29, 0.717) is 11.9 Å². The zero-order valence-electron chi connectivity index (χ0n) is 16.4. The third kappa shape index (κ3) is 3.43. The largest absolute Gasteiger partial charge is 0.444 e. The molecule has 0 bridgehead atoms. The molecule has 2 aromatic heterocycles. The van der Waals surface area contributed by atoms with E-state index < -0.39 is 0 Å². The van der Waals surface area contributed by atoms with Gasteiger partial charge in [-0.25, -0.2) is 4.98 Å². The van der Waals surface area contributed by atoms with Gasteiger partial charge in [0, 0.05) is 30.4 Å². The molecule has 0 unspecified atom stereocenters. The number of rotatable bonds is 6. The number of nitrogens with zero attached hydrogens (tertiary/aromatic N) is 5. The van der Waals surface area contributed by atoms with Gasteiger partial charge in [-0.1, -0.05) is 29.5 Å². The quantitative estimate of drug-likeness (QED) is 0.560. The fraction of sp³-hybridized carbons (Fsp3) is 0.476. The van der Waals surface area contributed by atoms with Gasteiger partial charge in [-0.3, -0.25) is 4.57 Å². The lowest BCUT2D eigenvalue weighted by atomic mass is 10.1. The molecule has 1 aliphatic carbocycles. The Kier molecular flexibility index (Phi) is 4.62. The molecule has 3 heterocycles. The second kappa shape index (κ2) is 7.28. The first-order valence-electron chi connectivity index (χ1n) is 10.0. The van der Waals surface area contributed by atoms with E-state index in [1.807, 2.05) is 0 Å². The van der Waals surface area contributed by atoms with Crippen molar-refractivity contribution >= 4 is 17.7 Å². The molecule has 3 aromatic rings. The van der Waals surface area contributed by atoms with Gasteiger partial charge < -0.3 is 9.32 Å². The van der Waals surface area contributed by atoms with Crippen LogP contribution in [0.4, 0.5) is 5.95 Å². The van der Waals surface area contributed by atoms with Crippen LogP contribution in [0.15, 0.2) is 34.0 Å². The number of hydrogen-bond donors (Lipinski definition) is 0. The van der Waals surface area contributed by atoms with Gasteiger partial charge in [-0.05, 0) is 51.2 Å². The van der Waals surface area contributed by atoms with E-state index in [4.69, 9.17) is 9.40 Å². The number of anilines is 1. The molecule has 2 aliphatic rings. The molecule has 146 valence electrons. The Hall–Kier alpha value is -2.28. The Balaban J connectivity index is 1.32. The van der Waals surface area contributed by atoms with Crippen LogP contribution in [0.5, 0.6) is 0 Å². The third-order valence-corrected chi connectivity index (χ3v) is 6.44. The average molecular weight is 396 g/mol. The van der Waals surface area contributed by atoms with Crippen LogP contribution in [-0.2, 0) is 5.75 Å². The van der Waals surface area contributed by atoms with Crippen LogP contribution in [0.2, 0.25) is 0 Å². The van der Waals surface area contributed by atoms with Crippen molar-refractivity contribution in [2.75, 3.05) is 18.0 Å². The van der Waals surface area contributed by atoms with E-state index in [-0.39, 0.29) is 0 Å². The fourth-order valence-corrected chi connectivity index (χ4v) is 4.72. The summed E-state index contributed by atoms with van der Waals surface area (Å²) in [6.45, 7) is 6.38. The number of aromatic nitrogens is 4. The van der Waals surface area contributed by atoms with E-state index in [2.05, 4.69) is 51.7 Å². The van der Waals surface area contributed by atoms with Gasteiger partial charge in [0.25, 0.3) is 0 Å².